The number of rotatable bonds is 4. The molecule has 0 aromatic heterocycles. The highest BCUT2D eigenvalue weighted by atomic mass is 16.5. The Hall–Kier alpha value is -1.55. The number of hydrogen-bond acceptors (Lipinski definition) is 3. The molecule has 116 valence electrons. The van der Waals surface area contributed by atoms with E-state index >= 15 is 0 Å². The third kappa shape index (κ3) is 3.97. The largest absolute Gasteiger partial charge is 0.494 e. The molecule has 4 heteroatoms. The van der Waals surface area contributed by atoms with Crippen LogP contribution in [0.25, 0.3) is 0 Å². The Morgan fingerprint density at radius 3 is 2.62 bits per heavy atom. The van der Waals surface area contributed by atoms with Crippen LogP contribution >= 0.6 is 0 Å². The van der Waals surface area contributed by atoms with E-state index < -0.39 is 0 Å². The average molecular weight is 290 g/mol. The van der Waals surface area contributed by atoms with Crippen LogP contribution in [0.15, 0.2) is 24.3 Å². The maximum atomic E-state index is 12.4. The number of hydrogen-bond donors (Lipinski definition) is 1. The molecular formula is C17H26N2O2. The van der Waals surface area contributed by atoms with E-state index in [0.717, 1.165) is 30.8 Å². The fraction of sp³-hybridized carbons (Fsp3) is 0.588. The Labute approximate surface area is 127 Å². The van der Waals surface area contributed by atoms with E-state index in [2.05, 4.69) is 13.8 Å². The van der Waals surface area contributed by atoms with Crippen molar-refractivity contribution in [2.24, 2.45) is 11.1 Å². The summed E-state index contributed by atoms with van der Waals surface area (Å²) in [6.45, 7) is 8.38. The summed E-state index contributed by atoms with van der Waals surface area (Å²) in [5.41, 5.74) is 7.14. The lowest BCUT2D eigenvalue weighted by Gasteiger charge is -2.42. The lowest BCUT2D eigenvalue weighted by Crippen LogP contribution is -2.54. The smallest absolute Gasteiger partial charge is 0.227 e. The van der Waals surface area contributed by atoms with Crippen molar-refractivity contribution in [2.75, 3.05) is 19.7 Å². The number of carbonyl (C=O) groups is 1. The van der Waals surface area contributed by atoms with Crippen LogP contribution in [0.2, 0.25) is 0 Å². The summed E-state index contributed by atoms with van der Waals surface area (Å²) >= 11 is 0. The molecule has 0 spiro atoms. The van der Waals surface area contributed by atoms with E-state index in [1.165, 1.54) is 0 Å². The zero-order valence-corrected chi connectivity index (χ0v) is 13.3. The second-order valence-electron chi connectivity index (χ2n) is 6.45. The summed E-state index contributed by atoms with van der Waals surface area (Å²) in [5.74, 6) is 1.03. The number of ether oxygens (including phenoxy) is 1. The molecule has 1 amide bonds. The minimum absolute atomic E-state index is 0.00721. The molecule has 2 rings (SSSR count). The van der Waals surface area contributed by atoms with Gasteiger partial charge in [0.1, 0.15) is 5.75 Å². The van der Waals surface area contributed by atoms with Crippen molar-refractivity contribution >= 4 is 5.91 Å². The highest BCUT2D eigenvalue weighted by molar-refractivity contribution is 5.79. The van der Waals surface area contributed by atoms with Gasteiger partial charge < -0.3 is 15.4 Å². The number of nitrogens with zero attached hydrogens (tertiary/aromatic N) is 1. The van der Waals surface area contributed by atoms with Crippen molar-refractivity contribution in [2.45, 2.75) is 39.7 Å². The summed E-state index contributed by atoms with van der Waals surface area (Å²) in [5, 5.41) is 0. The maximum absolute atomic E-state index is 12.4. The second kappa shape index (κ2) is 6.48. The van der Waals surface area contributed by atoms with Crippen molar-refractivity contribution < 1.29 is 9.53 Å². The first-order valence-corrected chi connectivity index (χ1v) is 7.67. The SMILES string of the molecule is CCOc1ccc(CC(=O)N2CCC(N)C(C)(C)C2)cc1. The van der Waals surface area contributed by atoms with Gasteiger partial charge in [-0.3, -0.25) is 4.79 Å². The van der Waals surface area contributed by atoms with Crippen LogP contribution in [-0.2, 0) is 11.2 Å². The van der Waals surface area contributed by atoms with Crippen molar-refractivity contribution in [1.29, 1.82) is 0 Å². The minimum atomic E-state index is -0.00721. The predicted molar refractivity (Wildman–Crippen MR) is 84.3 cm³/mol. The fourth-order valence-electron chi connectivity index (χ4n) is 2.74. The van der Waals surface area contributed by atoms with Gasteiger partial charge in [0.2, 0.25) is 5.91 Å². The quantitative estimate of drug-likeness (QED) is 0.925. The minimum Gasteiger partial charge on any atom is -0.494 e. The molecule has 1 heterocycles. The van der Waals surface area contributed by atoms with E-state index in [4.69, 9.17) is 10.5 Å². The first-order chi connectivity index (χ1) is 9.92. The number of piperidine rings is 1. The summed E-state index contributed by atoms with van der Waals surface area (Å²) in [7, 11) is 0. The van der Waals surface area contributed by atoms with Crippen molar-refractivity contribution in [3.05, 3.63) is 29.8 Å². The van der Waals surface area contributed by atoms with Gasteiger partial charge in [-0.1, -0.05) is 26.0 Å². The van der Waals surface area contributed by atoms with Gasteiger partial charge in [-0.15, -0.1) is 0 Å². The summed E-state index contributed by atoms with van der Waals surface area (Å²) in [6.07, 6.45) is 1.32. The maximum Gasteiger partial charge on any atom is 0.227 e. The van der Waals surface area contributed by atoms with Crippen LogP contribution in [0.4, 0.5) is 0 Å². The predicted octanol–water partition coefficient (Wildman–Crippen LogP) is 2.21. The second-order valence-corrected chi connectivity index (χ2v) is 6.45. The Morgan fingerprint density at radius 2 is 2.05 bits per heavy atom. The van der Waals surface area contributed by atoms with Crippen LogP contribution < -0.4 is 10.5 Å². The highest BCUT2D eigenvalue weighted by Crippen LogP contribution is 2.28. The summed E-state index contributed by atoms with van der Waals surface area (Å²) in [4.78, 5) is 14.4. The van der Waals surface area contributed by atoms with E-state index in [1.54, 1.807) is 0 Å². The zero-order valence-electron chi connectivity index (χ0n) is 13.3. The van der Waals surface area contributed by atoms with Gasteiger partial charge in [0.15, 0.2) is 0 Å². The van der Waals surface area contributed by atoms with Crippen LogP contribution in [0.3, 0.4) is 0 Å². The lowest BCUT2D eigenvalue weighted by molar-refractivity contribution is -0.133. The molecule has 0 aliphatic carbocycles. The number of benzene rings is 1. The molecule has 21 heavy (non-hydrogen) atoms. The van der Waals surface area contributed by atoms with Crippen molar-refractivity contribution in [3.63, 3.8) is 0 Å². The van der Waals surface area contributed by atoms with Crippen LogP contribution in [0, 0.1) is 5.41 Å². The fourth-order valence-corrected chi connectivity index (χ4v) is 2.74. The van der Waals surface area contributed by atoms with Crippen molar-refractivity contribution in [3.8, 4) is 5.75 Å². The summed E-state index contributed by atoms with van der Waals surface area (Å²) in [6, 6.07) is 7.93. The van der Waals surface area contributed by atoms with Gasteiger partial charge in [-0.25, -0.2) is 0 Å². The standard InChI is InChI=1S/C17H26N2O2/c1-4-21-14-7-5-13(6-8-14)11-16(20)19-10-9-15(18)17(2,3)12-19/h5-8,15H,4,9-12,18H2,1-3H3. The molecule has 1 saturated heterocycles. The highest BCUT2D eigenvalue weighted by Gasteiger charge is 2.35. The van der Waals surface area contributed by atoms with Crippen LogP contribution in [-0.4, -0.2) is 36.5 Å². The Morgan fingerprint density at radius 1 is 1.38 bits per heavy atom. The van der Waals surface area contributed by atoms with E-state index in [-0.39, 0.29) is 17.4 Å². The molecule has 1 fully saturated rings. The average Bonchev–Trinajstić information content (AvgIpc) is 2.44. The molecule has 1 atom stereocenters. The Balaban J connectivity index is 1.95. The van der Waals surface area contributed by atoms with Crippen molar-refractivity contribution in [1.82, 2.24) is 4.90 Å². The number of nitrogens with two attached hydrogens (primary N) is 1. The molecule has 1 aliphatic rings. The summed E-state index contributed by atoms with van der Waals surface area (Å²) < 4.78 is 5.41. The van der Waals surface area contributed by atoms with Gasteiger partial charge >= 0.3 is 0 Å². The lowest BCUT2D eigenvalue weighted by atomic mass is 9.79. The normalized spacial score (nSPS) is 21.1. The molecule has 1 aromatic rings. The van der Waals surface area contributed by atoms with E-state index in [9.17, 15) is 4.79 Å². The van der Waals surface area contributed by atoms with Gasteiger partial charge in [0.05, 0.1) is 13.0 Å². The third-order valence-electron chi connectivity index (χ3n) is 4.25. The van der Waals surface area contributed by atoms with Gasteiger partial charge in [0, 0.05) is 19.1 Å². The molecule has 2 N–H and O–H groups in total. The first-order valence-electron chi connectivity index (χ1n) is 7.67. The van der Waals surface area contributed by atoms with Gasteiger partial charge in [-0.05, 0) is 36.5 Å². The third-order valence-corrected chi connectivity index (χ3v) is 4.25. The van der Waals surface area contributed by atoms with Gasteiger partial charge in [-0.2, -0.15) is 0 Å². The molecule has 1 unspecified atom stereocenters. The molecule has 0 saturated carbocycles. The van der Waals surface area contributed by atoms with E-state index in [0.29, 0.717) is 13.0 Å². The molecule has 0 bridgehead atoms. The van der Waals surface area contributed by atoms with Crippen LogP contribution in [0.1, 0.15) is 32.8 Å². The van der Waals surface area contributed by atoms with Gasteiger partial charge in [0.25, 0.3) is 0 Å². The topological polar surface area (TPSA) is 55.6 Å². The Kier molecular flexibility index (Phi) is 4.88. The molecule has 0 radical (unpaired) electrons. The Bertz CT molecular complexity index is 482. The number of amides is 1. The molecule has 1 aromatic carbocycles. The molecule has 1 aliphatic heterocycles. The number of carbonyl (C=O) groups excluding carboxylic acids is 1. The molecule has 4 nitrogen and oxygen atoms in total. The van der Waals surface area contributed by atoms with Crippen LogP contribution in [0.5, 0.6) is 5.75 Å². The monoisotopic (exact) mass is 290 g/mol. The first kappa shape index (κ1) is 15.8. The molecular weight excluding hydrogens is 264 g/mol. The number of likely N-dealkylation sites (tertiary alicyclic amines) is 1. The zero-order chi connectivity index (χ0) is 15.5. The van der Waals surface area contributed by atoms with E-state index in [1.807, 2.05) is 36.1 Å².